The summed E-state index contributed by atoms with van der Waals surface area (Å²) in [6, 6.07) is 0. The maximum absolute atomic E-state index is 5.49. The Morgan fingerprint density at radius 2 is 2.32 bits per heavy atom. The van der Waals surface area contributed by atoms with Crippen LogP contribution in [-0.2, 0) is 0 Å². The number of rotatable bonds is 3. The van der Waals surface area contributed by atoms with Crippen LogP contribution in [0.3, 0.4) is 0 Å². The van der Waals surface area contributed by atoms with E-state index in [1.165, 1.54) is 6.42 Å². The molecule has 0 spiro atoms. The maximum Gasteiger partial charge on any atom is 0.180 e. The van der Waals surface area contributed by atoms with Gasteiger partial charge in [-0.15, -0.1) is 0 Å². The molecule has 0 amide bonds. The van der Waals surface area contributed by atoms with E-state index >= 15 is 0 Å². The van der Waals surface area contributed by atoms with Crippen LogP contribution in [0.15, 0.2) is 18.6 Å². The van der Waals surface area contributed by atoms with Crippen molar-refractivity contribution in [1.82, 2.24) is 14.4 Å². The van der Waals surface area contributed by atoms with Crippen LogP contribution < -0.4 is 16.2 Å². The van der Waals surface area contributed by atoms with Gasteiger partial charge in [0, 0.05) is 25.5 Å². The molecule has 0 bridgehead atoms. The molecule has 3 rings (SSSR count). The van der Waals surface area contributed by atoms with Crippen LogP contribution in [0.5, 0.6) is 0 Å². The van der Waals surface area contributed by atoms with E-state index in [0.717, 1.165) is 30.5 Å². The van der Waals surface area contributed by atoms with E-state index in [2.05, 4.69) is 34.1 Å². The smallest absolute Gasteiger partial charge is 0.180 e. The summed E-state index contributed by atoms with van der Waals surface area (Å²) in [4.78, 5) is 11.3. The molecule has 3 heterocycles. The van der Waals surface area contributed by atoms with Crippen molar-refractivity contribution in [1.29, 1.82) is 0 Å². The van der Waals surface area contributed by atoms with Crippen LogP contribution in [0.2, 0.25) is 0 Å². The van der Waals surface area contributed by atoms with E-state index in [-0.39, 0.29) is 0 Å². The van der Waals surface area contributed by atoms with Gasteiger partial charge in [-0.2, -0.15) is 0 Å². The molecule has 1 aliphatic rings. The van der Waals surface area contributed by atoms with E-state index in [9.17, 15) is 0 Å². The largest absolute Gasteiger partial charge is 0.353 e. The van der Waals surface area contributed by atoms with Gasteiger partial charge in [0.05, 0.1) is 6.20 Å². The van der Waals surface area contributed by atoms with Gasteiger partial charge in [0.2, 0.25) is 0 Å². The molecule has 1 atom stereocenters. The fourth-order valence-electron chi connectivity index (χ4n) is 2.72. The van der Waals surface area contributed by atoms with E-state index in [1.807, 2.05) is 16.8 Å². The van der Waals surface area contributed by atoms with Gasteiger partial charge in [0.1, 0.15) is 0 Å². The topological polar surface area (TPSA) is 71.5 Å². The van der Waals surface area contributed by atoms with Crippen molar-refractivity contribution in [3.05, 3.63) is 18.6 Å². The minimum atomic E-state index is 0.661. The SMILES string of the molecule is CC(C)C1CCN(c2nc(NN)cn3ccnc23)C1. The Bertz CT molecular complexity index is 576. The lowest BCUT2D eigenvalue weighted by Crippen LogP contribution is -2.24. The Balaban J connectivity index is 1.98. The molecular weight excluding hydrogens is 240 g/mol. The number of hydrogen-bond acceptors (Lipinski definition) is 5. The molecule has 2 aromatic rings. The summed E-state index contributed by atoms with van der Waals surface area (Å²) in [5.74, 6) is 8.50. The monoisotopic (exact) mass is 260 g/mol. The normalized spacial score (nSPS) is 19.6. The number of hydrazine groups is 1. The van der Waals surface area contributed by atoms with Crippen LogP contribution in [-0.4, -0.2) is 27.5 Å². The third-order valence-corrected chi connectivity index (χ3v) is 3.97. The van der Waals surface area contributed by atoms with Gasteiger partial charge < -0.3 is 14.7 Å². The molecule has 1 unspecified atom stereocenters. The van der Waals surface area contributed by atoms with Gasteiger partial charge >= 0.3 is 0 Å². The van der Waals surface area contributed by atoms with Crippen LogP contribution in [0, 0.1) is 11.8 Å². The number of hydrogen-bond donors (Lipinski definition) is 2. The first kappa shape index (κ1) is 12.2. The molecule has 0 aliphatic carbocycles. The van der Waals surface area contributed by atoms with Crippen molar-refractivity contribution >= 4 is 17.3 Å². The predicted molar refractivity (Wildman–Crippen MR) is 76.0 cm³/mol. The Morgan fingerprint density at radius 3 is 3.00 bits per heavy atom. The molecule has 1 aliphatic heterocycles. The Morgan fingerprint density at radius 1 is 1.47 bits per heavy atom. The van der Waals surface area contributed by atoms with Gasteiger partial charge in [-0.05, 0) is 18.3 Å². The van der Waals surface area contributed by atoms with Gasteiger partial charge in [0.15, 0.2) is 17.3 Å². The van der Waals surface area contributed by atoms with Crippen molar-refractivity contribution in [2.45, 2.75) is 20.3 Å². The van der Waals surface area contributed by atoms with Gasteiger partial charge in [-0.1, -0.05) is 13.8 Å². The predicted octanol–water partition coefficient (Wildman–Crippen LogP) is 1.50. The zero-order chi connectivity index (χ0) is 13.4. The number of nitrogens with one attached hydrogen (secondary N) is 1. The lowest BCUT2D eigenvalue weighted by Gasteiger charge is -2.20. The number of nitrogens with zero attached hydrogens (tertiary/aromatic N) is 4. The number of anilines is 2. The fraction of sp³-hybridized carbons (Fsp3) is 0.538. The van der Waals surface area contributed by atoms with E-state index < -0.39 is 0 Å². The molecule has 3 N–H and O–H groups in total. The summed E-state index contributed by atoms with van der Waals surface area (Å²) in [7, 11) is 0. The lowest BCUT2D eigenvalue weighted by molar-refractivity contribution is 0.422. The average Bonchev–Trinajstić information content (AvgIpc) is 3.06. The molecule has 1 fully saturated rings. The molecule has 102 valence electrons. The fourth-order valence-corrected chi connectivity index (χ4v) is 2.72. The summed E-state index contributed by atoms with van der Waals surface area (Å²) in [5, 5.41) is 0. The van der Waals surface area contributed by atoms with Crippen molar-refractivity contribution in [3.8, 4) is 0 Å². The second-order valence-corrected chi connectivity index (χ2v) is 5.49. The molecule has 19 heavy (non-hydrogen) atoms. The van der Waals surface area contributed by atoms with E-state index in [0.29, 0.717) is 11.7 Å². The van der Waals surface area contributed by atoms with Gasteiger partial charge in [-0.3, -0.25) is 0 Å². The summed E-state index contributed by atoms with van der Waals surface area (Å²) < 4.78 is 1.96. The summed E-state index contributed by atoms with van der Waals surface area (Å²) >= 11 is 0. The molecular formula is C13H20N6. The second-order valence-electron chi connectivity index (χ2n) is 5.49. The summed E-state index contributed by atoms with van der Waals surface area (Å²) in [5.41, 5.74) is 3.51. The molecule has 0 saturated carbocycles. The van der Waals surface area contributed by atoms with Gasteiger partial charge in [-0.25, -0.2) is 15.8 Å². The second kappa shape index (κ2) is 4.70. The highest BCUT2D eigenvalue weighted by molar-refractivity contribution is 5.67. The lowest BCUT2D eigenvalue weighted by atomic mass is 9.95. The third kappa shape index (κ3) is 2.12. The van der Waals surface area contributed by atoms with Crippen molar-refractivity contribution in [3.63, 3.8) is 0 Å². The quantitative estimate of drug-likeness (QED) is 0.646. The van der Waals surface area contributed by atoms with E-state index in [4.69, 9.17) is 5.84 Å². The minimum absolute atomic E-state index is 0.661. The molecule has 0 aromatic carbocycles. The first-order valence-electron chi connectivity index (χ1n) is 6.74. The molecule has 1 saturated heterocycles. The molecule has 6 nitrogen and oxygen atoms in total. The maximum atomic E-state index is 5.49. The average molecular weight is 260 g/mol. The number of fused-ring (bicyclic) bond motifs is 1. The van der Waals surface area contributed by atoms with Crippen LogP contribution >= 0.6 is 0 Å². The Labute approximate surface area is 112 Å². The third-order valence-electron chi connectivity index (χ3n) is 3.97. The standard InChI is InChI=1S/C13H20N6/c1-9(2)10-3-5-18(7-10)13-12-15-4-6-19(12)8-11(16-13)17-14/h4,6,8-10,17H,3,5,7,14H2,1-2H3. The highest BCUT2D eigenvalue weighted by Gasteiger charge is 2.27. The van der Waals surface area contributed by atoms with Crippen LogP contribution in [0.4, 0.5) is 11.6 Å². The summed E-state index contributed by atoms with van der Waals surface area (Å²) in [6.07, 6.45) is 6.77. The molecule has 0 radical (unpaired) electrons. The Hall–Kier alpha value is -1.82. The van der Waals surface area contributed by atoms with Crippen molar-refractivity contribution in [2.24, 2.45) is 17.7 Å². The minimum Gasteiger partial charge on any atom is -0.353 e. The van der Waals surface area contributed by atoms with Crippen molar-refractivity contribution in [2.75, 3.05) is 23.4 Å². The highest BCUT2D eigenvalue weighted by atomic mass is 15.3. The molecule has 6 heteroatoms. The van der Waals surface area contributed by atoms with Crippen LogP contribution in [0.1, 0.15) is 20.3 Å². The zero-order valence-electron chi connectivity index (χ0n) is 11.4. The van der Waals surface area contributed by atoms with Gasteiger partial charge in [0.25, 0.3) is 0 Å². The first-order valence-corrected chi connectivity index (χ1v) is 6.74. The van der Waals surface area contributed by atoms with Crippen molar-refractivity contribution < 1.29 is 0 Å². The zero-order valence-corrected chi connectivity index (χ0v) is 11.4. The number of aromatic nitrogens is 3. The Kier molecular flexibility index (Phi) is 3.02. The number of nitrogens with two attached hydrogens (primary N) is 1. The molecule has 2 aromatic heterocycles. The number of nitrogen functional groups attached to an aromatic ring is 1. The highest BCUT2D eigenvalue weighted by Crippen LogP contribution is 2.29. The first-order chi connectivity index (χ1) is 9.19. The van der Waals surface area contributed by atoms with Crippen LogP contribution in [0.25, 0.3) is 5.65 Å². The summed E-state index contributed by atoms with van der Waals surface area (Å²) in [6.45, 7) is 6.64. The van der Waals surface area contributed by atoms with E-state index in [1.54, 1.807) is 6.20 Å². The number of imidazole rings is 1.